The molecule has 0 radical (unpaired) electrons. The zero-order valence-corrected chi connectivity index (χ0v) is 10.4. The first kappa shape index (κ1) is 11.7. The summed E-state index contributed by atoms with van der Waals surface area (Å²) in [6.07, 6.45) is 3.15. The van der Waals surface area contributed by atoms with E-state index in [-0.39, 0.29) is 0 Å². The van der Waals surface area contributed by atoms with Crippen LogP contribution in [0.3, 0.4) is 0 Å². The summed E-state index contributed by atoms with van der Waals surface area (Å²) in [6.45, 7) is 0. The van der Waals surface area contributed by atoms with E-state index in [9.17, 15) is 9.59 Å². The minimum absolute atomic E-state index is 0.404. The number of nitrogens with one attached hydrogen (secondary N) is 1. The zero-order valence-electron chi connectivity index (χ0n) is 9.63. The smallest absolute Gasteiger partial charge is 0.273 e. The van der Waals surface area contributed by atoms with E-state index in [2.05, 4.69) is 9.97 Å². The summed E-state index contributed by atoms with van der Waals surface area (Å²) in [6, 6.07) is 8.15. The molecular weight excluding hydrogens is 266 g/mol. The first-order valence-electron chi connectivity index (χ1n) is 5.52. The highest BCUT2D eigenvalue weighted by atomic mass is 35.5. The molecule has 0 aliphatic rings. The lowest BCUT2D eigenvalue weighted by Gasteiger charge is -2.09. The standard InChI is InChI=1S/C13H8ClN3O2/c14-8-1-2-10-11(7-8)17(13(19)16-12(10)18)9-3-5-15-6-4-9/h1-7H,(H,16,18,19). The highest BCUT2D eigenvalue weighted by molar-refractivity contribution is 6.31. The lowest BCUT2D eigenvalue weighted by Crippen LogP contribution is -2.29. The van der Waals surface area contributed by atoms with Crippen molar-refractivity contribution >= 4 is 22.5 Å². The molecule has 0 aliphatic carbocycles. The van der Waals surface area contributed by atoms with Gasteiger partial charge in [-0.05, 0) is 30.3 Å². The average molecular weight is 274 g/mol. The Kier molecular flexibility index (Phi) is 2.68. The average Bonchev–Trinajstić information content (AvgIpc) is 2.39. The van der Waals surface area contributed by atoms with Gasteiger partial charge in [0.25, 0.3) is 5.56 Å². The Bertz CT molecular complexity index is 868. The van der Waals surface area contributed by atoms with Crippen LogP contribution in [-0.4, -0.2) is 14.5 Å². The highest BCUT2D eigenvalue weighted by Gasteiger charge is 2.09. The van der Waals surface area contributed by atoms with Crippen molar-refractivity contribution in [3.63, 3.8) is 0 Å². The largest absolute Gasteiger partial charge is 0.333 e. The molecule has 1 N–H and O–H groups in total. The summed E-state index contributed by atoms with van der Waals surface area (Å²) in [7, 11) is 0. The number of pyridine rings is 1. The van der Waals surface area contributed by atoms with Gasteiger partial charge in [0.1, 0.15) is 0 Å². The summed E-state index contributed by atoms with van der Waals surface area (Å²) in [5.74, 6) is 0. The van der Waals surface area contributed by atoms with E-state index < -0.39 is 11.2 Å². The number of H-pyrrole nitrogens is 1. The van der Waals surface area contributed by atoms with Crippen molar-refractivity contribution in [1.82, 2.24) is 14.5 Å². The maximum atomic E-state index is 12.0. The molecule has 1 aromatic carbocycles. The number of rotatable bonds is 1. The Hall–Kier alpha value is -2.40. The van der Waals surface area contributed by atoms with Crippen molar-refractivity contribution < 1.29 is 0 Å². The van der Waals surface area contributed by atoms with E-state index in [0.717, 1.165) is 0 Å². The third-order valence-corrected chi connectivity index (χ3v) is 3.02. The number of aromatic nitrogens is 3. The molecule has 19 heavy (non-hydrogen) atoms. The summed E-state index contributed by atoms with van der Waals surface area (Å²) in [4.78, 5) is 30.0. The summed E-state index contributed by atoms with van der Waals surface area (Å²) < 4.78 is 1.39. The maximum Gasteiger partial charge on any atom is 0.333 e. The molecule has 0 atom stereocenters. The monoisotopic (exact) mass is 273 g/mol. The molecule has 0 saturated carbocycles. The first-order chi connectivity index (χ1) is 9.16. The second-order valence-corrected chi connectivity index (χ2v) is 4.40. The van der Waals surface area contributed by atoms with Crippen molar-refractivity contribution in [2.24, 2.45) is 0 Å². The van der Waals surface area contributed by atoms with E-state index in [1.807, 2.05) is 0 Å². The van der Waals surface area contributed by atoms with Crippen LogP contribution in [0.1, 0.15) is 0 Å². The number of hydrogen-bond donors (Lipinski definition) is 1. The number of hydrogen-bond acceptors (Lipinski definition) is 3. The third-order valence-electron chi connectivity index (χ3n) is 2.79. The molecule has 0 aliphatic heterocycles. The molecule has 3 aromatic rings. The predicted molar refractivity (Wildman–Crippen MR) is 73.0 cm³/mol. The summed E-state index contributed by atoms with van der Waals surface area (Å²) >= 11 is 5.94. The molecule has 0 spiro atoms. The molecule has 0 bridgehead atoms. The minimum atomic E-state index is -0.508. The van der Waals surface area contributed by atoms with Crippen LogP contribution in [0.25, 0.3) is 16.6 Å². The van der Waals surface area contributed by atoms with Gasteiger partial charge in [0.15, 0.2) is 0 Å². The van der Waals surface area contributed by atoms with Crippen LogP contribution < -0.4 is 11.2 Å². The van der Waals surface area contributed by atoms with Gasteiger partial charge in [-0.2, -0.15) is 0 Å². The molecule has 6 heteroatoms. The van der Waals surface area contributed by atoms with Crippen molar-refractivity contribution in [3.05, 3.63) is 68.6 Å². The Morgan fingerprint density at radius 3 is 2.58 bits per heavy atom. The Morgan fingerprint density at radius 2 is 1.84 bits per heavy atom. The second kappa shape index (κ2) is 4.37. The van der Waals surface area contributed by atoms with Crippen LogP contribution in [0.5, 0.6) is 0 Å². The number of halogens is 1. The number of nitrogens with zero attached hydrogens (tertiary/aromatic N) is 2. The number of aromatic amines is 1. The van der Waals surface area contributed by atoms with Crippen molar-refractivity contribution in [2.45, 2.75) is 0 Å². The normalized spacial score (nSPS) is 10.8. The van der Waals surface area contributed by atoms with Crippen molar-refractivity contribution in [1.29, 1.82) is 0 Å². The molecular formula is C13H8ClN3O2. The minimum Gasteiger partial charge on any atom is -0.273 e. The molecule has 0 unspecified atom stereocenters. The first-order valence-corrected chi connectivity index (χ1v) is 5.89. The summed E-state index contributed by atoms with van der Waals surface area (Å²) in [5.41, 5.74) is 0.143. The van der Waals surface area contributed by atoms with Gasteiger partial charge >= 0.3 is 5.69 Å². The molecule has 5 nitrogen and oxygen atoms in total. The van der Waals surface area contributed by atoms with Crippen LogP contribution in [-0.2, 0) is 0 Å². The Labute approximate surface area is 112 Å². The van der Waals surface area contributed by atoms with Crippen LogP contribution in [0.15, 0.2) is 52.3 Å². The molecule has 2 aromatic heterocycles. The van der Waals surface area contributed by atoms with Crippen LogP contribution in [0.4, 0.5) is 0 Å². The van der Waals surface area contributed by atoms with Gasteiger partial charge in [-0.15, -0.1) is 0 Å². The van der Waals surface area contributed by atoms with Gasteiger partial charge in [0, 0.05) is 17.4 Å². The van der Waals surface area contributed by atoms with Gasteiger partial charge in [0.05, 0.1) is 16.6 Å². The van der Waals surface area contributed by atoms with Crippen LogP contribution >= 0.6 is 11.6 Å². The predicted octanol–water partition coefficient (Wildman–Crippen LogP) is 1.73. The molecule has 0 fully saturated rings. The maximum absolute atomic E-state index is 12.0. The number of benzene rings is 1. The van der Waals surface area contributed by atoms with Gasteiger partial charge in [-0.1, -0.05) is 11.6 Å². The molecule has 0 amide bonds. The van der Waals surface area contributed by atoms with Crippen molar-refractivity contribution in [2.75, 3.05) is 0 Å². The van der Waals surface area contributed by atoms with E-state index >= 15 is 0 Å². The summed E-state index contributed by atoms with van der Waals surface area (Å²) in [5, 5.41) is 0.862. The lowest BCUT2D eigenvalue weighted by atomic mass is 10.2. The Morgan fingerprint density at radius 1 is 1.11 bits per heavy atom. The topological polar surface area (TPSA) is 67.8 Å². The van der Waals surface area contributed by atoms with Crippen LogP contribution in [0, 0.1) is 0 Å². The third kappa shape index (κ3) is 1.94. The van der Waals surface area contributed by atoms with Gasteiger partial charge in [-0.25, -0.2) is 4.79 Å². The zero-order chi connectivity index (χ0) is 13.4. The molecule has 94 valence electrons. The molecule has 2 heterocycles. The molecule has 0 saturated heterocycles. The van der Waals surface area contributed by atoms with Gasteiger partial charge < -0.3 is 0 Å². The van der Waals surface area contributed by atoms with Crippen molar-refractivity contribution in [3.8, 4) is 5.69 Å². The van der Waals surface area contributed by atoms with E-state index in [1.165, 1.54) is 4.57 Å². The van der Waals surface area contributed by atoms with Crippen LogP contribution in [0.2, 0.25) is 5.02 Å². The fraction of sp³-hybridized carbons (Fsp3) is 0. The fourth-order valence-corrected chi connectivity index (χ4v) is 2.13. The van der Waals surface area contributed by atoms with E-state index in [0.29, 0.717) is 21.6 Å². The quantitative estimate of drug-likeness (QED) is 0.734. The second-order valence-electron chi connectivity index (χ2n) is 3.96. The fourth-order valence-electron chi connectivity index (χ4n) is 1.96. The number of fused-ring (bicyclic) bond motifs is 1. The highest BCUT2D eigenvalue weighted by Crippen LogP contribution is 2.17. The molecule has 3 rings (SSSR count). The van der Waals surface area contributed by atoms with Gasteiger partial charge in [-0.3, -0.25) is 19.3 Å². The van der Waals surface area contributed by atoms with Gasteiger partial charge in [0.2, 0.25) is 0 Å². The van der Waals surface area contributed by atoms with E-state index in [1.54, 1.807) is 42.7 Å². The Balaban J connectivity index is 2.51. The SMILES string of the molecule is O=c1[nH]c(=O)n(-c2ccncc2)c2cc(Cl)ccc12. The lowest BCUT2D eigenvalue weighted by molar-refractivity contribution is 0.940. The van der Waals surface area contributed by atoms with E-state index in [4.69, 9.17) is 11.6 Å².